The van der Waals surface area contributed by atoms with E-state index in [0.29, 0.717) is 18.4 Å². The molecule has 2 aliphatic rings. The van der Waals surface area contributed by atoms with Gasteiger partial charge < -0.3 is 20.1 Å². The number of benzene rings is 2. The molecule has 0 amide bonds. The van der Waals surface area contributed by atoms with Crippen LogP contribution in [0.15, 0.2) is 42.5 Å². The van der Waals surface area contributed by atoms with E-state index in [1.165, 1.54) is 11.6 Å². The first kappa shape index (κ1) is 21.6. The van der Waals surface area contributed by atoms with E-state index in [1.807, 2.05) is 12.1 Å². The third-order valence-corrected chi connectivity index (χ3v) is 5.98. The highest BCUT2D eigenvalue weighted by Crippen LogP contribution is 2.36. The van der Waals surface area contributed by atoms with Gasteiger partial charge in [-0.05, 0) is 29.2 Å². The zero-order valence-corrected chi connectivity index (χ0v) is 17.4. The molecule has 3 N–H and O–H groups in total. The van der Waals surface area contributed by atoms with Crippen molar-refractivity contribution in [2.75, 3.05) is 26.2 Å². The Hall–Kier alpha value is -2.68. The molecule has 1 saturated heterocycles. The predicted molar refractivity (Wildman–Crippen MR) is 117 cm³/mol. The topological polar surface area (TPSA) is 99.1 Å². The number of nitrogens with one attached hydrogen (secondary N) is 1. The van der Waals surface area contributed by atoms with E-state index in [0.717, 1.165) is 38.3 Å². The van der Waals surface area contributed by atoms with Crippen LogP contribution in [0.5, 0.6) is 5.75 Å². The Morgan fingerprint density at radius 3 is 2.52 bits per heavy atom. The van der Waals surface area contributed by atoms with Crippen molar-refractivity contribution in [2.45, 2.75) is 31.6 Å². The molecule has 31 heavy (non-hydrogen) atoms. The Balaban J connectivity index is 1.33. The molecular formula is C23H27BN2O5. The second-order valence-electron chi connectivity index (χ2n) is 8.33. The van der Waals surface area contributed by atoms with Gasteiger partial charge in [-0.25, -0.2) is 4.79 Å². The standard InChI is InChI=1S/C23H27BN2O5/c27-20(12-16-4-6-17(7-5-16)15-26-10-8-25-9-11-26)14-19-13-18-2-1-3-21(23(28)29)22(18)31-24(19)30/h1-7,19,25,30H,8-15H2,(H,28,29)/t19-/m1/s1. The second-order valence-corrected chi connectivity index (χ2v) is 8.33. The minimum Gasteiger partial charge on any atom is -0.535 e. The third-order valence-electron chi connectivity index (χ3n) is 5.98. The first-order valence-electron chi connectivity index (χ1n) is 10.7. The van der Waals surface area contributed by atoms with Gasteiger partial charge in [0.25, 0.3) is 0 Å². The number of carbonyl (C=O) groups is 2. The number of Topliss-reactive ketones (excluding diaryl/α,β-unsaturated/α-hetero) is 1. The molecule has 0 spiro atoms. The lowest BCUT2D eigenvalue weighted by atomic mass is 9.64. The average molecular weight is 422 g/mol. The Kier molecular flexibility index (Phi) is 6.70. The highest BCUT2D eigenvalue weighted by molar-refractivity contribution is 6.47. The first-order chi connectivity index (χ1) is 15.0. The zero-order chi connectivity index (χ0) is 21.8. The van der Waals surface area contributed by atoms with E-state index < -0.39 is 18.9 Å². The number of carbonyl (C=O) groups excluding carboxylic acids is 1. The van der Waals surface area contributed by atoms with Crippen molar-refractivity contribution in [2.24, 2.45) is 0 Å². The van der Waals surface area contributed by atoms with Gasteiger partial charge in [0.15, 0.2) is 0 Å². The Morgan fingerprint density at radius 1 is 1.10 bits per heavy atom. The van der Waals surface area contributed by atoms with Crippen LogP contribution in [0.2, 0.25) is 5.82 Å². The lowest BCUT2D eigenvalue weighted by molar-refractivity contribution is -0.118. The molecule has 2 aliphatic heterocycles. The summed E-state index contributed by atoms with van der Waals surface area (Å²) in [6.07, 6.45) is 0.895. The van der Waals surface area contributed by atoms with Gasteiger partial charge >= 0.3 is 13.1 Å². The number of hydrogen-bond donors (Lipinski definition) is 3. The Morgan fingerprint density at radius 2 is 1.81 bits per heavy atom. The van der Waals surface area contributed by atoms with Gasteiger partial charge in [-0.15, -0.1) is 0 Å². The quantitative estimate of drug-likeness (QED) is 0.585. The summed E-state index contributed by atoms with van der Waals surface area (Å²) >= 11 is 0. The molecule has 2 aromatic carbocycles. The van der Waals surface area contributed by atoms with Crippen molar-refractivity contribution in [3.05, 3.63) is 64.7 Å². The van der Waals surface area contributed by atoms with Gasteiger partial charge in [-0.2, -0.15) is 0 Å². The second kappa shape index (κ2) is 9.64. The van der Waals surface area contributed by atoms with Crippen molar-refractivity contribution in [1.82, 2.24) is 10.2 Å². The van der Waals surface area contributed by atoms with Crippen LogP contribution in [-0.4, -0.2) is 60.1 Å². The van der Waals surface area contributed by atoms with Gasteiger partial charge in [0.2, 0.25) is 0 Å². The van der Waals surface area contributed by atoms with Crippen LogP contribution in [0.3, 0.4) is 0 Å². The number of carboxylic acid groups (broad SMARTS) is 1. The monoisotopic (exact) mass is 422 g/mol. The predicted octanol–water partition coefficient (Wildman–Crippen LogP) is 1.78. The van der Waals surface area contributed by atoms with Crippen LogP contribution in [0.25, 0.3) is 0 Å². The maximum atomic E-state index is 12.6. The summed E-state index contributed by atoms with van der Waals surface area (Å²) in [5.74, 6) is -1.26. The number of nitrogens with zero attached hydrogens (tertiary/aromatic N) is 1. The Bertz CT molecular complexity index is 943. The van der Waals surface area contributed by atoms with E-state index in [2.05, 4.69) is 22.3 Å². The number of ketones is 1. The highest BCUT2D eigenvalue weighted by Gasteiger charge is 2.37. The minimum absolute atomic E-state index is 0.0281. The number of piperazine rings is 1. The van der Waals surface area contributed by atoms with Crippen LogP contribution in [-0.2, 0) is 24.2 Å². The third kappa shape index (κ3) is 5.33. The molecule has 0 aliphatic carbocycles. The number of fused-ring (bicyclic) bond motifs is 1. The molecule has 2 aromatic rings. The van der Waals surface area contributed by atoms with Crippen molar-refractivity contribution in [3.8, 4) is 5.75 Å². The maximum Gasteiger partial charge on any atom is 0.526 e. The van der Waals surface area contributed by atoms with Crippen molar-refractivity contribution < 1.29 is 24.4 Å². The van der Waals surface area contributed by atoms with Gasteiger partial charge in [0, 0.05) is 51.4 Å². The molecule has 0 bridgehead atoms. The van der Waals surface area contributed by atoms with Gasteiger partial charge in [0.1, 0.15) is 11.5 Å². The summed E-state index contributed by atoms with van der Waals surface area (Å²) in [6, 6.07) is 13.0. The molecule has 0 aromatic heterocycles. The van der Waals surface area contributed by atoms with Crippen molar-refractivity contribution in [3.63, 3.8) is 0 Å². The number of para-hydroxylation sites is 1. The van der Waals surface area contributed by atoms with Crippen LogP contribution < -0.4 is 9.97 Å². The molecule has 1 fully saturated rings. The summed E-state index contributed by atoms with van der Waals surface area (Å²) in [6.45, 7) is 5.04. The van der Waals surface area contributed by atoms with E-state index in [9.17, 15) is 19.7 Å². The van der Waals surface area contributed by atoms with Crippen molar-refractivity contribution in [1.29, 1.82) is 0 Å². The Labute approximate surface area is 182 Å². The summed E-state index contributed by atoms with van der Waals surface area (Å²) in [4.78, 5) is 26.4. The maximum absolute atomic E-state index is 12.6. The smallest absolute Gasteiger partial charge is 0.526 e. The minimum atomic E-state index is -1.20. The van der Waals surface area contributed by atoms with E-state index in [4.69, 9.17) is 4.65 Å². The summed E-state index contributed by atoms with van der Waals surface area (Å²) < 4.78 is 5.49. The van der Waals surface area contributed by atoms with Gasteiger partial charge in [0.05, 0.1) is 5.56 Å². The number of rotatable bonds is 7. The first-order valence-corrected chi connectivity index (χ1v) is 10.7. The largest absolute Gasteiger partial charge is 0.535 e. The van der Waals surface area contributed by atoms with Crippen LogP contribution in [0, 0.1) is 0 Å². The lowest BCUT2D eigenvalue weighted by Crippen LogP contribution is -2.42. The van der Waals surface area contributed by atoms with Crippen molar-refractivity contribution >= 4 is 18.9 Å². The molecule has 0 saturated carbocycles. The molecule has 7 nitrogen and oxygen atoms in total. The number of aromatic carboxylic acids is 1. The van der Waals surface area contributed by atoms with E-state index in [-0.39, 0.29) is 23.5 Å². The van der Waals surface area contributed by atoms with Crippen LogP contribution in [0.1, 0.15) is 33.5 Å². The number of hydrogen-bond acceptors (Lipinski definition) is 6. The molecular weight excluding hydrogens is 395 g/mol. The molecule has 4 rings (SSSR count). The molecule has 8 heteroatoms. The fraction of sp³-hybridized carbons (Fsp3) is 0.391. The number of carboxylic acids is 1. The highest BCUT2D eigenvalue weighted by atomic mass is 16.5. The summed E-state index contributed by atoms with van der Waals surface area (Å²) in [7, 11) is -1.20. The lowest BCUT2D eigenvalue weighted by Gasteiger charge is -2.28. The summed E-state index contributed by atoms with van der Waals surface area (Å²) in [5.41, 5.74) is 2.93. The SMILES string of the molecule is O=C(Cc1ccc(CN2CCNCC2)cc1)C[C@H]1Cc2cccc(C(=O)O)c2OB1O. The molecule has 0 unspecified atom stereocenters. The molecule has 2 heterocycles. The fourth-order valence-corrected chi connectivity index (χ4v) is 4.31. The normalized spacial score (nSPS) is 18.9. The van der Waals surface area contributed by atoms with E-state index in [1.54, 1.807) is 12.1 Å². The van der Waals surface area contributed by atoms with E-state index >= 15 is 0 Å². The zero-order valence-electron chi connectivity index (χ0n) is 17.4. The van der Waals surface area contributed by atoms with Gasteiger partial charge in [-0.1, -0.05) is 36.4 Å². The fourth-order valence-electron chi connectivity index (χ4n) is 4.31. The van der Waals surface area contributed by atoms with Gasteiger partial charge in [-0.3, -0.25) is 9.69 Å². The molecule has 162 valence electrons. The summed E-state index contributed by atoms with van der Waals surface area (Å²) in [5, 5.41) is 23.0. The molecule has 0 radical (unpaired) electrons. The average Bonchev–Trinajstić information content (AvgIpc) is 2.76. The van der Waals surface area contributed by atoms with Crippen LogP contribution >= 0.6 is 0 Å². The molecule has 1 atom stereocenters. The van der Waals surface area contributed by atoms with Crippen LogP contribution in [0.4, 0.5) is 0 Å².